The van der Waals surface area contributed by atoms with Crippen LogP contribution < -0.4 is 0 Å². The Morgan fingerprint density at radius 3 is 1.81 bits per heavy atom. The predicted octanol–water partition coefficient (Wildman–Crippen LogP) is 6.19. The second-order valence-electron chi connectivity index (χ2n) is 7.77. The van der Waals surface area contributed by atoms with Crippen molar-refractivity contribution in [1.29, 1.82) is 0 Å². The van der Waals surface area contributed by atoms with Crippen molar-refractivity contribution in [2.75, 3.05) is 0 Å². The van der Waals surface area contributed by atoms with Gasteiger partial charge >= 0.3 is 5.97 Å². The van der Waals surface area contributed by atoms with E-state index in [1.54, 1.807) is 0 Å². The van der Waals surface area contributed by atoms with Gasteiger partial charge in [0.15, 0.2) is 5.78 Å². The smallest absolute Gasteiger partial charge is 0.374 e. The number of unbranched alkanes of at least 4 members (excludes halogenated alkanes) is 3. The van der Waals surface area contributed by atoms with Crippen molar-refractivity contribution >= 4 is 17.5 Å². The number of hydrogen-bond donors (Lipinski definition) is 0. The van der Waals surface area contributed by atoms with Gasteiger partial charge in [-0.15, -0.1) is 0 Å². The number of rotatable bonds is 12. The minimum atomic E-state index is -0.775. The first-order valence-corrected chi connectivity index (χ1v) is 11.1. The number of ether oxygens (including phenoxy) is 1. The summed E-state index contributed by atoms with van der Waals surface area (Å²) in [6.45, 7) is 0.111. The Hall–Kier alpha value is -3.53. The Balaban J connectivity index is 1.29. The molecule has 4 heteroatoms. The first kappa shape index (κ1) is 23.1. The van der Waals surface area contributed by atoms with Gasteiger partial charge in [-0.1, -0.05) is 97.8 Å². The second kappa shape index (κ2) is 12.4. The summed E-state index contributed by atoms with van der Waals surface area (Å²) in [6.07, 6.45) is 3.71. The SMILES string of the molecule is O=C(CCCCCCC(=O)c1ccc(-c2ccccc2)cc1)C(=O)OCc1ccccc1. The van der Waals surface area contributed by atoms with Crippen LogP contribution in [0.3, 0.4) is 0 Å². The molecule has 0 atom stereocenters. The quantitative estimate of drug-likeness (QED) is 0.149. The van der Waals surface area contributed by atoms with Gasteiger partial charge in [0.1, 0.15) is 6.61 Å². The van der Waals surface area contributed by atoms with Crippen molar-refractivity contribution in [3.8, 4) is 11.1 Å². The molecule has 0 amide bonds. The molecule has 0 saturated carbocycles. The Morgan fingerprint density at radius 2 is 1.16 bits per heavy atom. The molecule has 0 heterocycles. The zero-order chi connectivity index (χ0) is 22.6. The summed E-state index contributed by atoms with van der Waals surface area (Å²) < 4.78 is 5.05. The molecule has 0 fully saturated rings. The fourth-order valence-corrected chi connectivity index (χ4v) is 3.45. The number of ketones is 2. The van der Waals surface area contributed by atoms with Crippen LogP contribution in [-0.4, -0.2) is 17.5 Å². The molecule has 0 spiro atoms. The fourth-order valence-electron chi connectivity index (χ4n) is 3.45. The van der Waals surface area contributed by atoms with Gasteiger partial charge in [-0.3, -0.25) is 9.59 Å². The van der Waals surface area contributed by atoms with Crippen molar-refractivity contribution in [2.24, 2.45) is 0 Å². The molecule has 4 nitrogen and oxygen atoms in total. The Bertz CT molecular complexity index is 1010. The van der Waals surface area contributed by atoms with E-state index in [0.29, 0.717) is 12.8 Å². The lowest BCUT2D eigenvalue weighted by molar-refractivity contribution is -0.154. The van der Waals surface area contributed by atoms with Gasteiger partial charge in [0.05, 0.1) is 0 Å². The minimum Gasteiger partial charge on any atom is -0.455 e. The predicted molar refractivity (Wildman–Crippen MR) is 125 cm³/mol. The standard InChI is InChI=1S/C28H28O4/c29-26(25-19-17-24(18-20-25)23-13-7-4-8-14-23)15-9-1-2-10-16-27(30)28(31)32-21-22-11-5-3-6-12-22/h3-8,11-14,17-20H,1-2,9-10,15-16,21H2. The van der Waals surface area contributed by atoms with Crippen LogP contribution in [-0.2, 0) is 20.9 Å². The lowest BCUT2D eigenvalue weighted by Gasteiger charge is -2.05. The van der Waals surface area contributed by atoms with Crippen molar-refractivity contribution < 1.29 is 19.1 Å². The lowest BCUT2D eigenvalue weighted by atomic mass is 10.00. The van der Waals surface area contributed by atoms with Crippen LogP contribution in [0.2, 0.25) is 0 Å². The highest BCUT2D eigenvalue weighted by Gasteiger charge is 2.15. The van der Waals surface area contributed by atoms with Gasteiger partial charge in [0, 0.05) is 18.4 Å². The van der Waals surface area contributed by atoms with Crippen molar-refractivity contribution in [3.05, 3.63) is 96.1 Å². The van der Waals surface area contributed by atoms with Gasteiger partial charge < -0.3 is 4.74 Å². The molecular formula is C28H28O4. The van der Waals surface area contributed by atoms with Crippen molar-refractivity contribution in [1.82, 2.24) is 0 Å². The number of carbonyl (C=O) groups is 3. The van der Waals surface area contributed by atoms with Crippen molar-refractivity contribution in [3.63, 3.8) is 0 Å². The van der Waals surface area contributed by atoms with E-state index < -0.39 is 11.8 Å². The number of benzene rings is 3. The van der Waals surface area contributed by atoms with Gasteiger partial charge in [0.25, 0.3) is 0 Å². The van der Waals surface area contributed by atoms with Crippen LogP contribution in [0.15, 0.2) is 84.9 Å². The van der Waals surface area contributed by atoms with Crippen LogP contribution in [0.1, 0.15) is 54.4 Å². The molecule has 0 aromatic heterocycles. The molecule has 32 heavy (non-hydrogen) atoms. The lowest BCUT2D eigenvalue weighted by Crippen LogP contribution is -2.17. The van der Waals surface area contributed by atoms with Gasteiger partial charge in [-0.05, 0) is 29.5 Å². The molecule has 0 bridgehead atoms. The monoisotopic (exact) mass is 428 g/mol. The maximum absolute atomic E-state index is 12.4. The zero-order valence-electron chi connectivity index (χ0n) is 18.2. The van der Waals surface area contributed by atoms with Gasteiger partial charge in [-0.25, -0.2) is 4.79 Å². The third-order valence-electron chi connectivity index (χ3n) is 5.31. The van der Waals surface area contributed by atoms with Gasteiger partial charge in [-0.2, -0.15) is 0 Å². The van der Waals surface area contributed by atoms with Crippen molar-refractivity contribution in [2.45, 2.75) is 45.1 Å². The summed E-state index contributed by atoms with van der Waals surface area (Å²) in [7, 11) is 0. The maximum Gasteiger partial charge on any atom is 0.374 e. The molecule has 0 aliphatic carbocycles. The van der Waals surface area contributed by atoms with E-state index >= 15 is 0 Å². The molecule has 164 valence electrons. The molecule has 3 aromatic rings. The summed E-state index contributed by atoms with van der Waals surface area (Å²) in [6, 6.07) is 27.1. The molecule has 3 aromatic carbocycles. The normalized spacial score (nSPS) is 10.5. The van der Waals surface area contributed by atoms with Crippen LogP contribution in [0.25, 0.3) is 11.1 Å². The zero-order valence-corrected chi connectivity index (χ0v) is 18.2. The van der Waals surface area contributed by atoms with Crippen LogP contribution in [0.5, 0.6) is 0 Å². The fraction of sp³-hybridized carbons (Fsp3) is 0.250. The molecule has 0 unspecified atom stereocenters. The summed E-state index contributed by atoms with van der Waals surface area (Å²) in [5, 5.41) is 0. The van der Waals surface area contributed by atoms with Crippen LogP contribution >= 0.6 is 0 Å². The summed E-state index contributed by atoms with van der Waals surface area (Å²) in [5.74, 6) is -1.14. The Morgan fingerprint density at radius 1 is 0.594 bits per heavy atom. The number of Topliss-reactive ketones (excluding diaryl/α,β-unsaturated/α-hetero) is 2. The van der Waals surface area contributed by atoms with Gasteiger partial charge in [0.2, 0.25) is 5.78 Å². The number of hydrogen-bond acceptors (Lipinski definition) is 4. The first-order valence-electron chi connectivity index (χ1n) is 11.1. The van der Waals surface area contributed by atoms with Crippen LogP contribution in [0.4, 0.5) is 0 Å². The molecule has 0 radical (unpaired) electrons. The third kappa shape index (κ3) is 7.31. The number of esters is 1. The first-order chi connectivity index (χ1) is 15.6. The summed E-state index contributed by atoms with van der Waals surface area (Å²) in [5.41, 5.74) is 3.80. The number of carbonyl (C=O) groups excluding carboxylic acids is 3. The molecule has 0 aliphatic heterocycles. The van der Waals surface area contributed by atoms with Crippen LogP contribution in [0, 0.1) is 0 Å². The third-order valence-corrected chi connectivity index (χ3v) is 5.31. The van der Waals surface area contributed by atoms with E-state index in [1.165, 1.54) is 0 Å². The largest absolute Gasteiger partial charge is 0.455 e. The molecular weight excluding hydrogens is 400 g/mol. The van der Waals surface area contributed by atoms with E-state index in [9.17, 15) is 14.4 Å². The van der Waals surface area contributed by atoms with E-state index in [1.807, 2.05) is 84.9 Å². The Kier molecular flexibility index (Phi) is 8.93. The Labute approximate surface area is 189 Å². The summed E-state index contributed by atoms with van der Waals surface area (Å²) >= 11 is 0. The minimum absolute atomic E-state index is 0.111. The second-order valence-corrected chi connectivity index (χ2v) is 7.77. The molecule has 3 rings (SSSR count). The van der Waals surface area contributed by atoms with E-state index in [4.69, 9.17) is 4.74 Å². The maximum atomic E-state index is 12.4. The molecule has 0 saturated heterocycles. The molecule has 0 aliphatic rings. The molecule has 0 N–H and O–H groups in total. The highest BCUT2D eigenvalue weighted by atomic mass is 16.5. The van der Waals surface area contributed by atoms with E-state index in [2.05, 4.69) is 0 Å². The van der Waals surface area contributed by atoms with E-state index in [-0.39, 0.29) is 18.8 Å². The topological polar surface area (TPSA) is 60.4 Å². The van der Waals surface area contributed by atoms with E-state index in [0.717, 1.165) is 41.5 Å². The average Bonchev–Trinajstić information content (AvgIpc) is 2.85. The summed E-state index contributed by atoms with van der Waals surface area (Å²) in [4.78, 5) is 36.1. The highest BCUT2D eigenvalue weighted by molar-refractivity contribution is 6.33. The average molecular weight is 429 g/mol. The highest BCUT2D eigenvalue weighted by Crippen LogP contribution is 2.20.